The van der Waals surface area contributed by atoms with Crippen LogP contribution in [0.4, 0.5) is 13.2 Å². The zero-order valence-electron chi connectivity index (χ0n) is 19.3. The number of alkyl halides is 3. The highest BCUT2D eigenvalue weighted by Gasteiger charge is 2.34. The number of aromatic nitrogens is 1. The maximum Gasteiger partial charge on any atom is 0.418 e. The lowest BCUT2D eigenvalue weighted by Crippen LogP contribution is -2.09. The Morgan fingerprint density at radius 2 is 1.59 bits per heavy atom. The number of para-hydroxylation sites is 1. The molecule has 0 aliphatic rings. The molecule has 3 nitrogen and oxygen atoms in total. The third-order valence-corrected chi connectivity index (χ3v) is 6.18. The number of ether oxygens (including phenoxy) is 1. The highest BCUT2D eigenvalue weighted by Crippen LogP contribution is 2.39. The highest BCUT2D eigenvalue weighted by atomic mass is 35.5. The molecule has 0 aliphatic heterocycles. The number of carbonyl (C=O) groups is 1. The van der Waals surface area contributed by atoms with Crippen LogP contribution in [0.15, 0.2) is 103 Å². The minimum absolute atomic E-state index is 0.202. The van der Waals surface area contributed by atoms with Gasteiger partial charge in [0.2, 0.25) is 0 Å². The average molecular weight is 518 g/mol. The van der Waals surface area contributed by atoms with E-state index in [4.69, 9.17) is 16.3 Å². The molecular weight excluding hydrogens is 499 g/mol. The molecule has 184 valence electrons. The molecule has 0 N–H and O–H groups in total. The van der Waals surface area contributed by atoms with Gasteiger partial charge in [0.15, 0.2) is 5.78 Å². The van der Waals surface area contributed by atoms with Crippen LogP contribution in [0.2, 0.25) is 5.02 Å². The molecular formula is C30H19ClF3NO2. The van der Waals surface area contributed by atoms with Crippen molar-refractivity contribution in [3.05, 3.63) is 131 Å². The first-order valence-electron chi connectivity index (χ1n) is 11.4. The Balaban J connectivity index is 1.64. The molecule has 0 bridgehead atoms. The summed E-state index contributed by atoms with van der Waals surface area (Å²) in [6.07, 6.45) is -3.37. The molecule has 0 unspecified atom stereocenters. The molecule has 1 aromatic heterocycles. The Labute approximate surface area is 216 Å². The number of benzene rings is 4. The van der Waals surface area contributed by atoms with E-state index in [0.29, 0.717) is 27.5 Å². The second kappa shape index (κ2) is 10.1. The zero-order chi connectivity index (χ0) is 26.0. The Kier molecular flexibility index (Phi) is 6.68. The summed E-state index contributed by atoms with van der Waals surface area (Å²) in [6.45, 7) is 0.270. The fraction of sp³-hybridized carbons (Fsp3) is 0.0667. The number of nitrogens with zero attached hydrogens (tertiary/aromatic N) is 1. The topological polar surface area (TPSA) is 39.2 Å². The van der Waals surface area contributed by atoms with Gasteiger partial charge in [-0.25, -0.2) is 0 Å². The van der Waals surface area contributed by atoms with Crippen LogP contribution in [0, 0.1) is 0 Å². The summed E-state index contributed by atoms with van der Waals surface area (Å²) in [5, 5.41) is 0.843. The quantitative estimate of drug-likeness (QED) is 0.212. The van der Waals surface area contributed by atoms with Crippen molar-refractivity contribution in [3.8, 4) is 16.9 Å². The van der Waals surface area contributed by atoms with Gasteiger partial charge < -0.3 is 4.74 Å². The van der Waals surface area contributed by atoms with Crippen LogP contribution in [0.1, 0.15) is 27.0 Å². The van der Waals surface area contributed by atoms with Gasteiger partial charge in [-0.15, -0.1) is 0 Å². The van der Waals surface area contributed by atoms with E-state index in [-0.39, 0.29) is 28.9 Å². The van der Waals surface area contributed by atoms with Crippen LogP contribution < -0.4 is 4.74 Å². The Bertz CT molecular complexity index is 1580. The van der Waals surface area contributed by atoms with E-state index >= 15 is 0 Å². The van der Waals surface area contributed by atoms with E-state index in [0.717, 1.165) is 11.6 Å². The van der Waals surface area contributed by atoms with Crippen molar-refractivity contribution in [1.82, 2.24) is 4.98 Å². The summed E-state index contributed by atoms with van der Waals surface area (Å²) < 4.78 is 47.3. The van der Waals surface area contributed by atoms with Crippen molar-refractivity contribution in [3.63, 3.8) is 0 Å². The molecule has 0 aliphatic carbocycles. The first kappa shape index (κ1) is 24.5. The number of pyridine rings is 1. The molecule has 0 spiro atoms. The predicted molar refractivity (Wildman–Crippen MR) is 138 cm³/mol. The van der Waals surface area contributed by atoms with Crippen molar-refractivity contribution in [1.29, 1.82) is 0 Å². The lowest BCUT2D eigenvalue weighted by Gasteiger charge is -2.16. The average Bonchev–Trinajstić information content (AvgIpc) is 2.91. The van der Waals surface area contributed by atoms with Gasteiger partial charge in [-0.05, 0) is 41.5 Å². The number of carbonyl (C=O) groups excluding carboxylic acids is 1. The normalized spacial score (nSPS) is 11.5. The molecule has 37 heavy (non-hydrogen) atoms. The van der Waals surface area contributed by atoms with Crippen molar-refractivity contribution in [2.75, 3.05) is 0 Å². The number of halogens is 4. The van der Waals surface area contributed by atoms with Crippen LogP contribution >= 0.6 is 11.6 Å². The summed E-state index contributed by atoms with van der Waals surface area (Å²) in [7, 11) is 0. The molecule has 5 aromatic rings. The number of hydrogen-bond acceptors (Lipinski definition) is 3. The first-order valence-corrected chi connectivity index (χ1v) is 11.8. The second-order valence-corrected chi connectivity index (χ2v) is 8.82. The molecule has 0 saturated carbocycles. The SMILES string of the molecule is O=C(c1ccccc1)c1cnc2c(C(F)(F)F)cccc2c1-c1cccc(OCc2ccc(Cl)cc2)c1. The van der Waals surface area contributed by atoms with Gasteiger partial charge >= 0.3 is 6.18 Å². The van der Waals surface area contributed by atoms with Gasteiger partial charge in [-0.3, -0.25) is 9.78 Å². The third-order valence-electron chi connectivity index (χ3n) is 5.92. The fourth-order valence-corrected chi connectivity index (χ4v) is 4.29. The number of hydrogen-bond donors (Lipinski definition) is 0. The van der Waals surface area contributed by atoms with Gasteiger partial charge in [0, 0.05) is 33.3 Å². The van der Waals surface area contributed by atoms with Crippen molar-refractivity contribution in [2.24, 2.45) is 0 Å². The van der Waals surface area contributed by atoms with Crippen LogP contribution in [0.3, 0.4) is 0 Å². The van der Waals surface area contributed by atoms with E-state index < -0.39 is 11.7 Å². The van der Waals surface area contributed by atoms with Crippen LogP contribution in [-0.4, -0.2) is 10.8 Å². The minimum Gasteiger partial charge on any atom is -0.489 e. The summed E-state index contributed by atoms with van der Waals surface area (Å²) >= 11 is 5.95. The Morgan fingerprint density at radius 3 is 2.32 bits per heavy atom. The summed E-state index contributed by atoms with van der Waals surface area (Å²) in [6, 6.07) is 26.6. The molecule has 5 rings (SSSR count). The van der Waals surface area contributed by atoms with E-state index in [9.17, 15) is 18.0 Å². The second-order valence-electron chi connectivity index (χ2n) is 8.38. The molecule has 1 heterocycles. The number of ketones is 1. The van der Waals surface area contributed by atoms with Crippen molar-refractivity contribution < 1.29 is 22.7 Å². The van der Waals surface area contributed by atoms with Crippen LogP contribution in [-0.2, 0) is 12.8 Å². The Hall–Kier alpha value is -4.16. The van der Waals surface area contributed by atoms with E-state index in [1.54, 1.807) is 72.8 Å². The molecule has 0 amide bonds. The molecule has 7 heteroatoms. The number of rotatable bonds is 6. The Morgan fingerprint density at radius 1 is 0.865 bits per heavy atom. The molecule has 0 atom stereocenters. The summed E-state index contributed by atoms with van der Waals surface area (Å²) in [5.74, 6) is 0.164. The first-order chi connectivity index (χ1) is 17.8. The molecule has 0 radical (unpaired) electrons. The van der Waals surface area contributed by atoms with Crippen molar-refractivity contribution in [2.45, 2.75) is 12.8 Å². The van der Waals surface area contributed by atoms with E-state index in [1.807, 2.05) is 12.1 Å². The zero-order valence-corrected chi connectivity index (χ0v) is 20.1. The summed E-state index contributed by atoms with van der Waals surface area (Å²) in [5.41, 5.74) is 1.34. The summed E-state index contributed by atoms with van der Waals surface area (Å²) in [4.78, 5) is 17.6. The predicted octanol–water partition coefficient (Wildman–Crippen LogP) is 8.38. The smallest absolute Gasteiger partial charge is 0.418 e. The largest absolute Gasteiger partial charge is 0.489 e. The van der Waals surface area contributed by atoms with Crippen molar-refractivity contribution >= 4 is 28.3 Å². The minimum atomic E-state index is -4.60. The molecule has 0 fully saturated rings. The fourth-order valence-electron chi connectivity index (χ4n) is 4.17. The van der Waals surface area contributed by atoms with Gasteiger partial charge in [0.1, 0.15) is 12.4 Å². The maximum absolute atomic E-state index is 13.8. The highest BCUT2D eigenvalue weighted by molar-refractivity contribution is 6.30. The van der Waals surface area contributed by atoms with Gasteiger partial charge in [0.25, 0.3) is 0 Å². The maximum atomic E-state index is 13.8. The van der Waals surface area contributed by atoms with E-state index in [1.165, 1.54) is 12.3 Å². The monoisotopic (exact) mass is 517 g/mol. The number of fused-ring (bicyclic) bond motifs is 1. The third kappa shape index (κ3) is 5.20. The van der Waals surface area contributed by atoms with Gasteiger partial charge in [-0.1, -0.05) is 78.3 Å². The molecule has 0 saturated heterocycles. The lowest BCUT2D eigenvalue weighted by molar-refractivity contribution is -0.136. The molecule has 4 aromatic carbocycles. The van der Waals surface area contributed by atoms with Crippen LogP contribution in [0.25, 0.3) is 22.0 Å². The lowest BCUT2D eigenvalue weighted by atomic mass is 9.91. The van der Waals surface area contributed by atoms with E-state index in [2.05, 4.69) is 4.98 Å². The van der Waals surface area contributed by atoms with Gasteiger partial charge in [0.05, 0.1) is 11.1 Å². The standard InChI is InChI=1S/C30H19ClF3NO2/c31-22-14-12-19(13-15-22)18-37-23-9-4-8-21(16-23)27-24-10-5-11-26(30(32,33)34)28(24)35-17-25(27)29(36)20-6-2-1-3-7-20/h1-17H,18H2. The van der Waals surface area contributed by atoms with Crippen LogP contribution in [0.5, 0.6) is 5.75 Å². The van der Waals surface area contributed by atoms with Gasteiger partial charge in [-0.2, -0.15) is 13.2 Å².